The maximum Gasteiger partial charge on any atom is 0.261 e. The van der Waals surface area contributed by atoms with Crippen LogP contribution >= 0.6 is 12.3 Å². The minimum absolute atomic E-state index is 0.0270. The second kappa shape index (κ2) is 31.4. The number of hydrogen-bond acceptors (Lipinski definition) is 25. The number of carbonyl (C=O) groups is 8. The molecular formula is C63H72N10O22S. The van der Waals surface area contributed by atoms with Crippen molar-refractivity contribution >= 4 is 70.4 Å². The summed E-state index contributed by atoms with van der Waals surface area (Å²) in [5, 5.41) is 124. The number of nitrogens with zero attached hydrogens (tertiary/aromatic N) is 4. The van der Waals surface area contributed by atoms with Gasteiger partial charge in [0.15, 0.2) is 11.5 Å². The summed E-state index contributed by atoms with van der Waals surface area (Å²) in [6.45, 7) is 3.25. The van der Waals surface area contributed by atoms with Crippen LogP contribution in [0.5, 0.6) is 17.2 Å². The first-order valence-corrected chi connectivity index (χ1v) is 31.0. The summed E-state index contributed by atoms with van der Waals surface area (Å²) in [6.07, 6.45) is -15.5. The number of phenols is 1. The molecule has 9 rings (SSSR count). The molecule has 14 unspecified atom stereocenters. The Balaban J connectivity index is 1.03. The molecule has 1 aromatic heterocycles. The van der Waals surface area contributed by atoms with E-state index in [-0.39, 0.29) is 35.2 Å². The molecule has 0 saturated carbocycles. The molecule has 3 saturated heterocycles. The van der Waals surface area contributed by atoms with Crippen LogP contribution < -0.4 is 41.2 Å². The van der Waals surface area contributed by atoms with Crippen molar-refractivity contribution in [1.29, 1.82) is 0 Å². The Labute approximate surface area is 550 Å². The SMILES string of the molecule is CCCOc1ccc(-c2ccc(-c3nnc(-c4ccc(C(=O)NC5CC(O)CNC(=O)C6C(O)C(C)CN6C(=O)C(C(O)CC(N)=O)NC(=O)C(C(O)C(O)c6ccc(O)c(OSOOO)c6)NC(=O)C6CC(O)CN6C(=O)C(C(C)O)NC5=O)c5ccccc45)o3)cc2)cc1. The number of aromatic hydroxyl groups is 1. The number of fused-ring (bicyclic) bond motifs is 3. The van der Waals surface area contributed by atoms with E-state index in [1.54, 1.807) is 24.3 Å². The average molecular weight is 1350 g/mol. The number of nitrogens with one attached hydrogen (secondary N) is 5. The van der Waals surface area contributed by atoms with E-state index in [1.165, 1.54) is 19.1 Å². The second-order valence-electron chi connectivity index (χ2n) is 23.4. The zero-order valence-corrected chi connectivity index (χ0v) is 52.5. The van der Waals surface area contributed by atoms with E-state index in [0.29, 0.717) is 28.5 Å². The van der Waals surface area contributed by atoms with Crippen molar-refractivity contribution in [2.75, 3.05) is 26.2 Å². The van der Waals surface area contributed by atoms with Gasteiger partial charge in [-0.25, -0.2) is 5.26 Å². The number of nitrogens with two attached hydrogens (primary N) is 1. The molecule has 0 spiro atoms. The molecule has 33 heteroatoms. The summed E-state index contributed by atoms with van der Waals surface area (Å²) in [6, 6.07) is 15.2. The van der Waals surface area contributed by atoms with Crippen LogP contribution in [0, 0.1) is 5.92 Å². The molecule has 32 nitrogen and oxygen atoms in total. The van der Waals surface area contributed by atoms with Crippen molar-refractivity contribution in [3.05, 3.63) is 114 Å². The van der Waals surface area contributed by atoms with Gasteiger partial charge in [-0.3, -0.25) is 38.4 Å². The lowest BCUT2D eigenvalue weighted by Crippen LogP contribution is -2.64. The lowest BCUT2D eigenvalue weighted by molar-refractivity contribution is -0.433. The largest absolute Gasteiger partial charge is 0.504 e. The Bertz CT molecular complexity index is 3810. The molecule has 0 aliphatic carbocycles. The van der Waals surface area contributed by atoms with Gasteiger partial charge in [0.25, 0.3) is 18.2 Å². The Kier molecular flexibility index (Phi) is 23.2. The number of β-amino-alcohol motifs (C(OH)–C–C–N with tert-alkyl or cyclic N) is 1. The number of ether oxygens (including phenoxy) is 1. The number of phenolic OH excluding ortho intramolecular Hbond substituents is 1. The quantitative estimate of drug-likeness (QED) is 0.0208. The highest BCUT2D eigenvalue weighted by Gasteiger charge is 2.50. The van der Waals surface area contributed by atoms with Crippen LogP contribution in [0.4, 0.5) is 0 Å². The van der Waals surface area contributed by atoms with Crippen molar-refractivity contribution in [3.8, 4) is 51.3 Å². The number of amides is 8. The Morgan fingerprint density at radius 2 is 1.40 bits per heavy atom. The first-order chi connectivity index (χ1) is 45.9. The van der Waals surface area contributed by atoms with Crippen LogP contribution in [0.2, 0.25) is 0 Å². The zero-order chi connectivity index (χ0) is 69.2. The highest BCUT2D eigenvalue weighted by molar-refractivity contribution is 7.90. The third-order valence-electron chi connectivity index (χ3n) is 16.6. The third kappa shape index (κ3) is 16.3. The Morgan fingerprint density at radius 3 is 2.07 bits per heavy atom. The maximum atomic E-state index is 14.8. The van der Waals surface area contributed by atoms with E-state index in [1.807, 2.05) is 55.5 Å². The monoisotopic (exact) mass is 1350 g/mol. The second-order valence-corrected chi connectivity index (χ2v) is 23.9. The third-order valence-corrected chi connectivity index (χ3v) is 16.9. The standard InChI is InChI=1S/C63H72N10O22S/c1-4-21-91-37-16-13-32(14-17-37)31-9-11-33(12-10-31)60-70-71-61(92-60)41-19-18-40(38-7-5-6-8-39(38)41)55(83)66-42-23-35(75)26-65-59(87)51-52(80)29(2)27-73(51)63(89)49(45(78)25-47(64)79)68-58(86)50(54(82)53(81)34-15-20-44(77)46(22-34)93-96-95-94-90)69-57(85)43-24-36(76)28-72(43)62(88)48(30(3)74)67-56(42)84/h5-20,22,29-30,35-36,42-43,45,48-54,74-78,80-82,90H,4,21,23-28H2,1-3H3,(H2,64,79)(H,65,87)(H,66,83)(H,67,84)(H,68,86)(H,69,85). The van der Waals surface area contributed by atoms with Crippen LogP contribution in [0.25, 0.3) is 44.8 Å². The molecule has 3 aliphatic rings. The molecule has 6 aromatic rings. The van der Waals surface area contributed by atoms with Crippen LogP contribution in [-0.2, 0) is 42.9 Å². The lowest BCUT2D eigenvalue weighted by Gasteiger charge is -2.34. The molecule has 3 aliphatic heterocycles. The fourth-order valence-electron chi connectivity index (χ4n) is 11.6. The van der Waals surface area contributed by atoms with Gasteiger partial charge in [0, 0.05) is 55.1 Å². The summed E-state index contributed by atoms with van der Waals surface area (Å²) in [5.41, 5.74) is 7.91. The van der Waals surface area contributed by atoms with E-state index in [0.717, 1.165) is 58.2 Å². The summed E-state index contributed by atoms with van der Waals surface area (Å²) in [5.74, 6) is -11.0. The van der Waals surface area contributed by atoms with Gasteiger partial charge in [0.2, 0.25) is 53.1 Å². The van der Waals surface area contributed by atoms with Gasteiger partial charge in [-0.1, -0.05) is 77.8 Å². The van der Waals surface area contributed by atoms with Crippen molar-refractivity contribution < 1.29 is 107 Å². The van der Waals surface area contributed by atoms with Crippen LogP contribution in [0.15, 0.2) is 108 Å². The molecule has 4 heterocycles. The summed E-state index contributed by atoms with van der Waals surface area (Å²) < 4.78 is 21.1. The fourth-order valence-corrected chi connectivity index (χ4v) is 11.8. The van der Waals surface area contributed by atoms with Crippen molar-refractivity contribution in [1.82, 2.24) is 46.6 Å². The number of aliphatic hydroxyl groups excluding tert-OH is 7. The van der Waals surface area contributed by atoms with Gasteiger partial charge in [-0.2, -0.15) is 0 Å². The van der Waals surface area contributed by atoms with E-state index in [2.05, 4.69) is 46.2 Å². The number of primary amides is 1. The van der Waals surface area contributed by atoms with Crippen LogP contribution in [0.1, 0.15) is 68.5 Å². The topological polar surface area (TPSA) is 487 Å². The fraction of sp³-hybridized carbons (Fsp3) is 0.397. The minimum Gasteiger partial charge on any atom is -0.504 e. The first-order valence-electron chi connectivity index (χ1n) is 30.4. The Hall–Kier alpha value is -9.39. The molecule has 16 N–H and O–H groups in total. The number of aliphatic hydroxyl groups is 7. The van der Waals surface area contributed by atoms with Crippen LogP contribution in [0.3, 0.4) is 0 Å². The average Bonchev–Trinajstić information content (AvgIpc) is 1.59. The van der Waals surface area contributed by atoms with Gasteiger partial charge in [0.1, 0.15) is 54.2 Å². The Morgan fingerprint density at radius 1 is 0.750 bits per heavy atom. The number of rotatable bonds is 19. The van der Waals surface area contributed by atoms with Crippen LogP contribution in [-0.4, -0.2) is 212 Å². The molecule has 8 amide bonds. The van der Waals surface area contributed by atoms with E-state index in [9.17, 15) is 79.2 Å². The smallest absolute Gasteiger partial charge is 0.261 e. The van der Waals surface area contributed by atoms with Gasteiger partial charge in [-0.15, -0.1) is 10.2 Å². The normalized spacial score (nSPS) is 24.4. The summed E-state index contributed by atoms with van der Waals surface area (Å²) >= 11 is -0.0270. The number of hydrogen-bond donors (Lipinski definition) is 15. The molecule has 0 bridgehead atoms. The molecule has 512 valence electrons. The van der Waals surface area contributed by atoms with Gasteiger partial charge < -0.3 is 96.3 Å². The minimum atomic E-state index is -2.54. The predicted octanol–water partition coefficient (Wildman–Crippen LogP) is -0.604. The zero-order valence-electron chi connectivity index (χ0n) is 51.7. The molecule has 3 fully saturated rings. The molecule has 14 atom stereocenters. The number of benzene rings is 5. The maximum absolute atomic E-state index is 14.8. The predicted molar refractivity (Wildman–Crippen MR) is 335 cm³/mol. The van der Waals surface area contributed by atoms with Gasteiger partial charge in [0.05, 0.1) is 43.5 Å². The molecule has 96 heavy (non-hydrogen) atoms. The van der Waals surface area contributed by atoms with Crippen molar-refractivity contribution in [3.63, 3.8) is 0 Å². The first kappa shape index (κ1) is 70.9. The summed E-state index contributed by atoms with van der Waals surface area (Å²) in [4.78, 5) is 116. The number of aromatic nitrogens is 2. The van der Waals surface area contributed by atoms with Crippen molar-refractivity contribution in [2.24, 2.45) is 11.7 Å². The highest BCUT2D eigenvalue weighted by Crippen LogP contribution is 2.36. The molecule has 5 aromatic carbocycles. The number of carbonyl (C=O) groups excluding carboxylic acids is 8. The highest BCUT2D eigenvalue weighted by atomic mass is 32.2. The van der Waals surface area contributed by atoms with E-state index in [4.69, 9.17) is 24.3 Å². The van der Waals surface area contributed by atoms with Gasteiger partial charge >= 0.3 is 0 Å². The molecule has 0 radical (unpaired) electrons. The van der Waals surface area contributed by atoms with E-state index < -0.39 is 183 Å². The lowest BCUT2D eigenvalue weighted by atomic mass is 9.96. The molecular weight excluding hydrogens is 1280 g/mol. The van der Waals surface area contributed by atoms with Crippen molar-refractivity contribution in [2.45, 2.75) is 125 Å². The summed E-state index contributed by atoms with van der Waals surface area (Å²) in [7, 11) is 0. The van der Waals surface area contributed by atoms with E-state index >= 15 is 0 Å². The van der Waals surface area contributed by atoms with Gasteiger partial charge in [-0.05, 0) is 89.3 Å².